The summed E-state index contributed by atoms with van der Waals surface area (Å²) in [5.74, 6) is -0.700. The molecule has 8 atom stereocenters. The zero-order valence-electron chi connectivity index (χ0n) is 36.2. The minimum atomic E-state index is -4.67. The third-order valence-electron chi connectivity index (χ3n) is 11.0. The number of aliphatic hydroxyl groups excluding tert-OH is 2. The van der Waals surface area contributed by atoms with E-state index in [2.05, 4.69) is 30.9 Å². The molecule has 4 N–H and O–H groups in total. The van der Waals surface area contributed by atoms with Crippen LogP contribution in [0.1, 0.15) is 174 Å². The van der Waals surface area contributed by atoms with Gasteiger partial charge in [0.2, 0.25) is 0 Å². The van der Waals surface area contributed by atoms with Crippen molar-refractivity contribution in [1.29, 1.82) is 0 Å². The largest absolute Gasteiger partial charge is 0.472 e. The molecule has 1 saturated carbocycles. The molecular formula is C44H79O14P. The van der Waals surface area contributed by atoms with Crippen molar-refractivity contribution >= 4 is 19.8 Å². The number of fused-ring (bicyclic) bond motifs is 2. The van der Waals surface area contributed by atoms with Gasteiger partial charge in [0.25, 0.3) is 0 Å². The van der Waals surface area contributed by atoms with Gasteiger partial charge in [0.15, 0.2) is 6.10 Å². The molecule has 8 unspecified atom stereocenters. The third kappa shape index (κ3) is 25.7. The van der Waals surface area contributed by atoms with E-state index < -0.39 is 51.8 Å². The van der Waals surface area contributed by atoms with E-state index in [1.165, 1.54) is 70.6 Å². The van der Waals surface area contributed by atoms with Gasteiger partial charge in [-0.05, 0) is 32.1 Å². The van der Waals surface area contributed by atoms with Crippen molar-refractivity contribution < 1.29 is 67.7 Å². The highest BCUT2D eigenvalue weighted by atomic mass is 31.2. The van der Waals surface area contributed by atoms with Crippen LogP contribution in [0.5, 0.6) is 0 Å². The van der Waals surface area contributed by atoms with Gasteiger partial charge in [-0.3, -0.25) is 23.9 Å². The number of aliphatic hydroxyl groups is 2. The second-order valence-electron chi connectivity index (χ2n) is 16.3. The zero-order chi connectivity index (χ0) is 43.0. The van der Waals surface area contributed by atoms with Crippen LogP contribution in [0.15, 0.2) is 24.3 Å². The normalized spacial score (nSPS) is 21.6. The fourth-order valence-corrected chi connectivity index (χ4v) is 8.28. The predicted molar refractivity (Wildman–Crippen MR) is 225 cm³/mol. The molecule has 2 fully saturated rings. The molecule has 2 aliphatic rings. The molecule has 0 aromatic rings. The van der Waals surface area contributed by atoms with E-state index in [1.54, 1.807) is 0 Å². The van der Waals surface area contributed by atoms with Crippen LogP contribution in [0.3, 0.4) is 0 Å². The second-order valence-corrected chi connectivity index (χ2v) is 17.7. The molecule has 0 amide bonds. The number of allylic oxidation sites excluding steroid dienone is 2. The number of ether oxygens (including phenoxy) is 2. The fraction of sp³-hybridized carbons (Fsp3) is 0.864. The van der Waals surface area contributed by atoms with Crippen molar-refractivity contribution in [2.24, 2.45) is 11.8 Å². The average molecular weight is 863 g/mol. The molecule has 1 saturated heterocycles. The van der Waals surface area contributed by atoms with Gasteiger partial charge in [-0.15, -0.1) is 0 Å². The Morgan fingerprint density at radius 3 is 1.95 bits per heavy atom. The van der Waals surface area contributed by atoms with Gasteiger partial charge < -0.3 is 24.6 Å². The van der Waals surface area contributed by atoms with Crippen molar-refractivity contribution in [3.8, 4) is 0 Å². The van der Waals surface area contributed by atoms with Gasteiger partial charge in [-0.1, -0.05) is 147 Å². The maximum atomic E-state index is 12.8. The number of unbranched alkanes of at least 4 members (excludes halogenated alkanes) is 17. The molecule has 2 bridgehead atoms. The highest BCUT2D eigenvalue weighted by Gasteiger charge is 2.49. The first-order valence-electron chi connectivity index (χ1n) is 22.8. The van der Waals surface area contributed by atoms with Crippen molar-refractivity contribution in [1.82, 2.24) is 0 Å². The van der Waals surface area contributed by atoms with Crippen LogP contribution in [0.2, 0.25) is 0 Å². The van der Waals surface area contributed by atoms with Gasteiger partial charge in [0.05, 0.1) is 25.9 Å². The smallest absolute Gasteiger partial charge is 0.462 e. The van der Waals surface area contributed by atoms with Crippen molar-refractivity contribution in [3.05, 3.63) is 24.3 Å². The Balaban J connectivity index is 1.71. The maximum absolute atomic E-state index is 12.8. The first kappa shape index (κ1) is 53.4. The van der Waals surface area contributed by atoms with Crippen LogP contribution >= 0.6 is 7.82 Å². The standard InChI is InChI=1S/C44H79O14P/c1-3-5-7-8-9-10-11-12-13-14-15-16-17-18-23-27-43(47)52-34-38(35-54-59(50,51)53-33-36(46)32-45)55-44(48)28-24-20-19-22-26-39-40(42-31-41(39)57-58-42)30-29-37(56-49)25-21-6-4-2/h19,22,29-30,36-42,45-46,49H,3-18,20-21,23-28,31-35H2,1-2H3,(H,50,51)/b22-19-,30-29+. The Labute approximate surface area is 354 Å². The summed E-state index contributed by atoms with van der Waals surface area (Å²) in [5, 5.41) is 27.7. The van der Waals surface area contributed by atoms with Crippen LogP contribution in [0, 0.1) is 11.8 Å². The minimum absolute atomic E-state index is 0.0143. The Morgan fingerprint density at radius 2 is 1.32 bits per heavy atom. The Morgan fingerprint density at radius 1 is 0.746 bits per heavy atom. The van der Waals surface area contributed by atoms with Crippen molar-refractivity contribution in [2.45, 2.75) is 205 Å². The lowest BCUT2D eigenvalue weighted by Crippen LogP contribution is -2.29. The van der Waals surface area contributed by atoms with Gasteiger partial charge in [-0.25, -0.2) is 19.2 Å². The van der Waals surface area contributed by atoms with Crippen LogP contribution < -0.4 is 0 Å². The monoisotopic (exact) mass is 863 g/mol. The van der Waals surface area contributed by atoms with Gasteiger partial charge in [0, 0.05) is 31.1 Å². The van der Waals surface area contributed by atoms with E-state index in [9.17, 15) is 29.4 Å². The number of hydrogen-bond acceptors (Lipinski definition) is 13. The summed E-state index contributed by atoms with van der Waals surface area (Å²) in [7, 11) is -4.67. The lowest BCUT2D eigenvalue weighted by atomic mass is 9.89. The quantitative estimate of drug-likeness (QED) is 0.0114. The van der Waals surface area contributed by atoms with Crippen LogP contribution in [0.25, 0.3) is 0 Å². The fourth-order valence-electron chi connectivity index (χ4n) is 7.49. The van der Waals surface area contributed by atoms with E-state index in [0.29, 0.717) is 19.3 Å². The number of phosphoric ester groups is 1. The Bertz CT molecular complexity index is 1180. The van der Waals surface area contributed by atoms with Gasteiger partial charge in [-0.2, -0.15) is 0 Å². The lowest BCUT2D eigenvalue weighted by Gasteiger charge is -2.27. The minimum Gasteiger partial charge on any atom is -0.462 e. The first-order chi connectivity index (χ1) is 28.6. The average Bonchev–Trinajstić information content (AvgIpc) is 3.84. The molecule has 0 spiro atoms. The summed E-state index contributed by atoms with van der Waals surface area (Å²) in [6.45, 7) is 2.11. The second kappa shape index (κ2) is 33.9. The number of esters is 2. The van der Waals surface area contributed by atoms with E-state index in [0.717, 1.165) is 57.8 Å². The Kier molecular flexibility index (Phi) is 30.7. The molecule has 1 heterocycles. The summed E-state index contributed by atoms with van der Waals surface area (Å²) in [5.41, 5.74) is 0. The number of rotatable bonds is 39. The molecule has 59 heavy (non-hydrogen) atoms. The van der Waals surface area contributed by atoms with Crippen LogP contribution in [-0.4, -0.2) is 89.2 Å². The number of hydrogen-bond donors (Lipinski definition) is 4. The molecule has 14 nitrogen and oxygen atoms in total. The van der Waals surface area contributed by atoms with E-state index >= 15 is 0 Å². The van der Waals surface area contributed by atoms with E-state index in [-0.39, 0.29) is 49.6 Å². The molecule has 0 aromatic carbocycles. The number of carbonyl (C=O) groups is 2. The Hall–Kier alpha value is -1.71. The molecule has 2 rings (SSSR count). The van der Waals surface area contributed by atoms with Gasteiger partial charge in [0.1, 0.15) is 24.9 Å². The number of carbonyl (C=O) groups excluding carboxylic acids is 2. The highest BCUT2D eigenvalue weighted by molar-refractivity contribution is 7.47. The van der Waals surface area contributed by atoms with Crippen molar-refractivity contribution in [2.75, 3.05) is 26.4 Å². The lowest BCUT2D eigenvalue weighted by molar-refractivity contribution is -0.336. The van der Waals surface area contributed by atoms with E-state index in [4.69, 9.17) is 33.4 Å². The van der Waals surface area contributed by atoms with Crippen molar-refractivity contribution in [3.63, 3.8) is 0 Å². The summed E-state index contributed by atoms with van der Waals surface area (Å²) in [6.07, 6.45) is 30.2. The molecule has 0 aromatic heterocycles. The third-order valence-corrected chi connectivity index (χ3v) is 12.0. The van der Waals surface area contributed by atoms with Crippen LogP contribution in [0.4, 0.5) is 0 Å². The van der Waals surface area contributed by atoms with Gasteiger partial charge >= 0.3 is 19.8 Å². The molecule has 344 valence electrons. The summed E-state index contributed by atoms with van der Waals surface area (Å²) in [4.78, 5) is 51.0. The number of phosphoric acid groups is 1. The molecule has 1 aliphatic carbocycles. The molecular weight excluding hydrogens is 783 g/mol. The SMILES string of the molecule is CCCCCCCCCCCCCCCCCC(=O)OCC(COP(=O)(O)OCC(O)CO)OC(=O)CCC/C=C\CC1C2CC(OO2)C1/C=C/C(CCCCC)OO. The molecule has 1 aliphatic heterocycles. The molecule has 15 heteroatoms. The predicted octanol–water partition coefficient (Wildman–Crippen LogP) is 9.64. The highest BCUT2D eigenvalue weighted by Crippen LogP contribution is 2.45. The topological polar surface area (TPSA) is 197 Å². The summed E-state index contributed by atoms with van der Waals surface area (Å²) >= 11 is 0. The summed E-state index contributed by atoms with van der Waals surface area (Å²) < 4.78 is 32.8. The first-order valence-corrected chi connectivity index (χ1v) is 24.3. The van der Waals surface area contributed by atoms with Crippen LogP contribution in [-0.2, 0) is 47.3 Å². The molecule has 0 radical (unpaired) electrons. The zero-order valence-corrected chi connectivity index (χ0v) is 37.1. The van der Waals surface area contributed by atoms with E-state index in [1.807, 2.05) is 12.2 Å². The summed E-state index contributed by atoms with van der Waals surface area (Å²) in [6, 6.07) is 0. The maximum Gasteiger partial charge on any atom is 0.472 e.